The van der Waals surface area contributed by atoms with Crippen LogP contribution in [-0.4, -0.2) is 39.9 Å². The van der Waals surface area contributed by atoms with Crippen molar-refractivity contribution in [3.8, 4) is 0 Å². The summed E-state index contributed by atoms with van der Waals surface area (Å²) in [6.45, 7) is 0. The number of fused-ring (bicyclic) bond motifs is 1. The number of alkyl halides is 3. The fourth-order valence-corrected chi connectivity index (χ4v) is 4.72. The molecule has 0 saturated heterocycles. The maximum atomic E-state index is 13.8. The molecule has 1 aromatic carbocycles. The van der Waals surface area contributed by atoms with Gasteiger partial charge in [0.1, 0.15) is 11.4 Å². The average Bonchev–Trinajstić information content (AvgIpc) is 3.16. The lowest BCUT2D eigenvalue weighted by Gasteiger charge is -2.35. The summed E-state index contributed by atoms with van der Waals surface area (Å²) in [6, 6.07) is 4.94. The second-order valence-electron chi connectivity index (χ2n) is 8.10. The molecule has 162 valence electrons. The van der Waals surface area contributed by atoms with Crippen LogP contribution >= 0.6 is 15.9 Å². The zero-order valence-electron chi connectivity index (χ0n) is 16.6. The number of hydrogen-bond acceptors (Lipinski definition) is 3. The Morgan fingerprint density at radius 2 is 1.87 bits per heavy atom. The van der Waals surface area contributed by atoms with Gasteiger partial charge in [0.25, 0.3) is 5.91 Å². The number of amides is 1. The first kappa shape index (κ1) is 21.2. The topological polar surface area (TPSA) is 50.2 Å². The molecule has 5 nitrogen and oxygen atoms in total. The van der Waals surface area contributed by atoms with E-state index in [9.17, 15) is 18.0 Å². The fraction of sp³-hybridized carbons (Fsp3) is 0.524. The lowest BCUT2D eigenvalue weighted by atomic mass is 9.94. The van der Waals surface area contributed by atoms with Crippen molar-refractivity contribution in [1.82, 2.24) is 14.7 Å². The fourth-order valence-electron chi connectivity index (χ4n) is 4.46. The molecule has 2 aliphatic rings. The van der Waals surface area contributed by atoms with Crippen LogP contribution in [0.25, 0.3) is 0 Å². The minimum Gasteiger partial charge on any atom is -0.363 e. The Hall–Kier alpha value is -2.03. The third-order valence-corrected chi connectivity index (χ3v) is 6.71. The van der Waals surface area contributed by atoms with Crippen LogP contribution in [0, 0.1) is 0 Å². The van der Waals surface area contributed by atoms with Crippen molar-refractivity contribution in [3.05, 3.63) is 46.1 Å². The third kappa shape index (κ3) is 4.08. The summed E-state index contributed by atoms with van der Waals surface area (Å²) in [6.07, 6.45) is 1.75. The quantitative estimate of drug-likeness (QED) is 0.606. The van der Waals surface area contributed by atoms with Gasteiger partial charge >= 0.3 is 6.18 Å². The Kier molecular flexibility index (Phi) is 5.83. The number of nitrogens with zero attached hydrogens (tertiary/aromatic N) is 3. The van der Waals surface area contributed by atoms with E-state index in [2.05, 4.69) is 26.3 Å². The molecule has 0 bridgehead atoms. The summed E-state index contributed by atoms with van der Waals surface area (Å²) in [5.41, 5.74) is 0.929. The van der Waals surface area contributed by atoms with Gasteiger partial charge < -0.3 is 10.2 Å². The predicted molar refractivity (Wildman–Crippen MR) is 111 cm³/mol. The Bertz CT molecular complexity index is 906. The van der Waals surface area contributed by atoms with E-state index in [4.69, 9.17) is 0 Å². The maximum absolute atomic E-state index is 13.8. The van der Waals surface area contributed by atoms with Crippen molar-refractivity contribution in [3.63, 3.8) is 0 Å². The van der Waals surface area contributed by atoms with E-state index in [-0.39, 0.29) is 29.8 Å². The molecule has 1 fully saturated rings. The highest BCUT2D eigenvalue weighted by Crippen LogP contribution is 2.44. The van der Waals surface area contributed by atoms with Gasteiger partial charge in [-0.25, -0.2) is 4.68 Å². The first-order valence-corrected chi connectivity index (χ1v) is 11.0. The van der Waals surface area contributed by atoms with E-state index in [1.807, 2.05) is 0 Å². The summed E-state index contributed by atoms with van der Waals surface area (Å²) in [5.74, 6) is -0.141. The standard InChI is InChI=1S/C21H24BrF3N4O/c1-28(15-5-3-2-4-6-15)20(30)16-12-26-29-18(21(23,24)25)11-17(27-19(16)29)13-7-9-14(22)10-8-13/h7-10,12,15,17-18,27H,2-6,11H2,1H3. The predicted octanol–water partition coefficient (Wildman–Crippen LogP) is 5.71. The van der Waals surface area contributed by atoms with Gasteiger partial charge in [0.15, 0.2) is 6.04 Å². The van der Waals surface area contributed by atoms with Gasteiger partial charge in [0.2, 0.25) is 0 Å². The maximum Gasteiger partial charge on any atom is 0.410 e. The minimum atomic E-state index is -4.47. The molecule has 9 heteroatoms. The van der Waals surface area contributed by atoms with Crippen LogP contribution in [0.4, 0.5) is 19.0 Å². The Morgan fingerprint density at radius 3 is 2.50 bits per heavy atom. The smallest absolute Gasteiger partial charge is 0.363 e. The van der Waals surface area contributed by atoms with Gasteiger partial charge in [-0.3, -0.25) is 4.79 Å². The molecular formula is C21H24BrF3N4O. The van der Waals surface area contributed by atoms with E-state index in [0.29, 0.717) is 0 Å². The van der Waals surface area contributed by atoms with Gasteiger partial charge in [-0.1, -0.05) is 47.3 Å². The number of carbonyl (C=O) groups excluding carboxylic acids is 1. The van der Waals surface area contributed by atoms with Crippen molar-refractivity contribution in [2.75, 3.05) is 12.4 Å². The van der Waals surface area contributed by atoms with E-state index in [0.717, 1.165) is 46.8 Å². The third-order valence-electron chi connectivity index (χ3n) is 6.18. The largest absolute Gasteiger partial charge is 0.410 e. The molecule has 0 radical (unpaired) electrons. The molecule has 30 heavy (non-hydrogen) atoms. The molecular weight excluding hydrogens is 461 g/mol. The monoisotopic (exact) mass is 484 g/mol. The number of halogens is 4. The van der Waals surface area contributed by atoms with Crippen molar-refractivity contribution in [2.45, 2.75) is 62.8 Å². The zero-order valence-corrected chi connectivity index (χ0v) is 18.2. The van der Waals surface area contributed by atoms with Gasteiger partial charge in [0, 0.05) is 24.0 Å². The van der Waals surface area contributed by atoms with Gasteiger partial charge in [0.05, 0.1) is 12.2 Å². The van der Waals surface area contributed by atoms with Crippen molar-refractivity contribution in [2.24, 2.45) is 0 Å². The summed E-state index contributed by atoms with van der Waals surface area (Å²) in [7, 11) is 1.73. The molecule has 1 saturated carbocycles. The first-order valence-electron chi connectivity index (χ1n) is 10.2. The highest BCUT2D eigenvalue weighted by Gasteiger charge is 2.47. The van der Waals surface area contributed by atoms with Crippen LogP contribution in [0.1, 0.15) is 66.5 Å². The Balaban J connectivity index is 1.67. The highest BCUT2D eigenvalue weighted by atomic mass is 79.9. The Morgan fingerprint density at radius 1 is 1.20 bits per heavy atom. The van der Waals surface area contributed by atoms with Crippen LogP contribution in [-0.2, 0) is 0 Å². The number of aromatic nitrogens is 2. The minimum absolute atomic E-state index is 0.117. The van der Waals surface area contributed by atoms with Crippen molar-refractivity contribution < 1.29 is 18.0 Å². The molecule has 2 aromatic rings. The second-order valence-corrected chi connectivity index (χ2v) is 9.02. The normalized spacial score (nSPS) is 22.3. The molecule has 1 aliphatic heterocycles. The number of hydrogen-bond donors (Lipinski definition) is 1. The zero-order chi connectivity index (χ0) is 21.5. The molecule has 1 aliphatic carbocycles. The van der Waals surface area contributed by atoms with Crippen LogP contribution < -0.4 is 5.32 Å². The molecule has 2 atom stereocenters. The number of nitrogens with one attached hydrogen (secondary N) is 1. The number of benzene rings is 1. The average molecular weight is 485 g/mol. The lowest BCUT2D eigenvalue weighted by molar-refractivity contribution is -0.173. The summed E-state index contributed by atoms with van der Waals surface area (Å²) in [5, 5.41) is 7.13. The molecule has 1 N–H and O–H groups in total. The molecule has 0 spiro atoms. The van der Waals surface area contributed by atoms with Gasteiger partial charge in [-0.15, -0.1) is 0 Å². The van der Waals surface area contributed by atoms with E-state index in [1.165, 1.54) is 6.20 Å². The SMILES string of the molecule is CN(C(=O)c1cnn2c1NC(c1ccc(Br)cc1)CC2C(F)(F)F)C1CCCCC1. The van der Waals surface area contributed by atoms with Gasteiger partial charge in [-0.05, 0) is 30.5 Å². The molecule has 1 aromatic heterocycles. The van der Waals surface area contributed by atoms with Crippen molar-refractivity contribution >= 4 is 27.7 Å². The van der Waals surface area contributed by atoms with Crippen LogP contribution in [0.5, 0.6) is 0 Å². The van der Waals surface area contributed by atoms with Crippen molar-refractivity contribution in [1.29, 1.82) is 0 Å². The molecule has 2 unspecified atom stereocenters. The Labute approximate surface area is 181 Å². The summed E-state index contributed by atoms with van der Waals surface area (Å²) >= 11 is 3.35. The van der Waals surface area contributed by atoms with Gasteiger partial charge in [-0.2, -0.15) is 18.3 Å². The van der Waals surface area contributed by atoms with E-state index < -0.39 is 18.3 Å². The number of rotatable bonds is 3. The van der Waals surface area contributed by atoms with E-state index in [1.54, 1.807) is 36.2 Å². The highest BCUT2D eigenvalue weighted by molar-refractivity contribution is 9.10. The first-order chi connectivity index (χ1) is 14.3. The van der Waals surface area contributed by atoms with Crippen LogP contribution in [0.3, 0.4) is 0 Å². The number of carbonyl (C=O) groups is 1. The van der Waals surface area contributed by atoms with E-state index >= 15 is 0 Å². The van der Waals surface area contributed by atoms with Crippen LogP contribution in [0.2, 0.25) is 0 Å². The summed E-state index contributed by atoms with van der Waals surface area (Å²) < 4.78 is 43.3. The number of anilines is 1. The molecule has 4 rings (SSSR count). The molecule has 2 heterocycles. The molecule has 1 amide bonds. The lowest BCUT2D eigenvalue weighted by Crippen LogP contribution is -2.39. The summed E-state index contributed by atoms with van der Waals surface area (Å²) in [4.78, 5) is 14.8. The van der Waals surface area contributed by atoms with Crippen LogP contribution in [0.15, 0.2) is 34.9 Å². The second kappa shape index (κ2) is 8.24.